The predicted molar refractivity (Wildman–Crippen MR) is 478 cm³/mol. The predicted octanol–water partition coefficient (Wildman–Crippen LogP) is 10.3. The van der Waals surface area contributed by atoms with Crippen molar-refractivity contribution in [3.63, 3.8) is 0 Å². The van der Waals surface area contributed by atoms with Gasteiger partial charge in [-0.15, -0.1) is 0 Å². The number of Topliss-reactive ketones (excluding diaryl/α,β-unsaturated/α-hetero) is 3. The van der Waals surface area contributed by atoms with E-state index in [2.05, 4.69) is 72.1 Å². The van der Waals surface area contributed by atoms with Crippen LogP contribution in [0.5, 0.6) is 0 Å². The number of ether oxygens (including phenoxy) is 4. The van der Waals surface area contributed by atoms with Gasteiger partial charge in [-0.25, -0.2) is 54.1 Å². The molecule has 6 aromatic heterocycles. The number of carbonyl (C=O) groups excluding carboxylic acids is 8. The van der Waals surface area contributed by atoms with E-state index in [0.717, 1.165) is 40.7 Å². The van der Waals surface area contributed by atoms with Gasteiger partial charge >= 0.3 is 12.1 Å². The van der Waals surface area contributed by atoms with E-state index in [9.17, 15) is 43.5 Å². The highest BCUT2D eigenvalue weighted by Gasteiger charge is 2.44. The number of benzene rings is 2. The molecule has 5 fully saturated rings. The summed E-state index contributed by atoms with van der Waals surface area (Å²) in [5.41, 5.74) is 21.5. The smallest absolute Gasteiger partial charge is 0.407 e. The largest absolute Gasteiger partial charge is 0.460 e. The van der Waals surface area contributed by atoms with Gasteiger partial charge in [0.2, 0.25) is 23.6 Å². The first-order valence-electron chi connectivity index (χ1n) is 45.0. The van der Waals surface area contributed by atoms with Crippen molar-refractivity contribution in [3.8, 4) is 11.3 Å². The first-order valence-corrected chi connectivity index (χ1v) is 45.0. The number of allylic oxidation sites excluding steroid dienone is 6. The summed E-state index contributed by atoms with van der Waals surface area (Å²) >= 11 is 0. The van der Waals surface area contributed by atoms with Crippen LogP contribution in [0.15, 0.2) is 132 Å². The van der Waals surface area contributed by atoms with Crippen LogP contribution in [0.1, 0.15) is 181 Å². The standard InChI is InChI=1S/C94H116N20O14/c1-56-13-9-8-10-14-57(2)79(124-7)44-72-23-16-58(3)83(125-72)82(118)88(121)113-29-12-11-15-74(113)89(122)126-71(43-75(115)60(5)40-61(6)77(117)45-76(116)59(4)39-56)26-20-62-18-24-70(25-19-62)127-94(123)103-48-64-46-97-91(98-47-64)110-35-37-111(38-36-110)93-99-49-68(50-100-93)86(119)108-31-33-109(34-32-108)92-101-51-69(52-102-92)87(120)112-30-28-65-41-63(17-21-67(65)54-112)53-114-85-80(84(95)104-55-105-85)81(107-114)66-22-27-78-73(42-66)106-90(96)128-78/h8-10,13-14,17,21-22,27,40-42,46-47,49-52,55-56,58-60,62,70-72,74,77,79,83,117H,11-12,15-16,18-20,23-26,28-39,43-45,48,53-54H2,1-7H3,(H2,96,106)(H,103,123)(H2,95,104,105)/b10-8+,13-9+,57-14+,61-40+/t56-,58-,59-,60-,62-,70-,71-,72?,74+,77+,79+,83?/m1/s1. The van der Waals surface area contributed by atoms with Crippen molar-refractivity contribution in [2.75, 3.05) is 98.7 Å². The van der Waals surface area contributed by atoms with Crippen molar-refractivity contribution in [3.05, 3.63) is 161 Å². The molecule has 0 spiro atoms. The minimum absolute atomic E-state index is 0.0756. The number of esters is 1. The monoisotopic (exact) mass is 1750 g/mol. The van der Waals surface area contributed by atoms with Gasteiger partial charge in [0, 0.05) is 165 Å². The molecule has 6 aliphatic heterocycles. The Labute approximate surface area is 743 Å². The molecule has 10 atom stereocenters. The molecule has 2 unspecified atom stereocenters. The third-order valence-corrected chi connectivity index (χ3v) is 26.2. The average Bonchev–Trinajstić information content (AvgIpc) is 1.61. The quantitative estimate of drug-likeness (QED) is 0.0421. The van der Waals surface area contributed by atoms with Crippen LogP contribution in [0.3, 0.4) is 0 Å². The molecule has 34 heteroatoms. The number of hydrogen-bond donors (Lipinski definition) is 4. The molecule has 0 radical (unpaired) electrons. The minimum atomic E-state index is -1.10. The molecule has 12 heterocycles. The van der Waals surface area contributed by atoms with E-state index in [1.54, 1.807) is 75.2 Å². The molecule has 2 bridgehead atoms. The lowest BCUT2D eigenvalue weighted by atomic mass is 9.83. The number of aliphatic hydroxyl groups excluding tert-OH is 1. The molecule has 2 aromatic carbocycles. The van der Waals surface area contributed by atoms with Gasteiger partial charge < -0.3 is 74.7 Å². The van der Waals surface area contributed by atoms with Crippen molar-refractivity contribution in [2.24, 2.45) is 29.6 Å². The number of nitrogens with one attached hydrogen (secondary N) is 1. The van der Waals surface area contributed by atoms with Gasteiger partial charge in [0.15, 0.2) is 11.2 Å². The van der Waals surface area contributed by atoms with Crippen LogP contribution >= 0.6 is 0 Å². The molecule has 4 saturated heterocycles. The van der Waals surface area contributed by atoms with E-state index < -0.39 is 54.0 Å². The van der Waals surface area contributed by atoms with E-state index in [1.165, 1.54) is 11.2 Å². The number of fused-ring (bicyclic) bond motifs is 6. The zero-order chi connectivity index (χ0) is 89.8. The van der Waals surface area contributed by atoms with Crippen molar-refractivity contribution in [1.29, 1.82) is 0 Å². The number of anilines is 5. The van der Waals surface area contributed by atoms with Gasteiger partial charge in [-0.1, -0.05) is 82.4 Å². The fraction of sp³-hybridized carbons (Fsp3) is 0.511. The maximum absolute atomic E-state index is 14.6. The molecule has 4 amide bonds. The van der Waals surface area contributed by atoms with E-state index >= 15 is 0 Å². The van der Waals surface area contributed by atoms with Crippen molar-refractivity contribution >= 4 is 98.9 Å². The molecule has 676 valence electrons. The summed E-state index contributed by atoms with van der Waals surface area (Å²) in [6.07, 6.45) is 25.9. The number of oxazole rings is 1. The van der Waals surface area contributed by atoms with Gasteiger partial charge in [-0.3, -0.25) is 28.8 Å². The summed E-state index contributed by atoms with van der Waals surface area (Å²) in [7, 11) is 1.64. The van der Waals surface area contributed by atoms with Crippen LogP contribution in [0.25, 0.3) is 33.4 Å². The number of amides is 4. The number of aliphatic hydroxyl groups is 1. The minimum Gasteiger partial charge on any atom is -0.460 e. The summed E-state index contributed by atoms with van der Waals surface area (Å²) in [6, 6.07) is 10.8. The molecule has 6 N–H and O–H groups in total. The summed E-state index contributed by atoms with van der Waals surface area (Å²) in [5.74, 6) is -1.99. The molecular weight excluding hydrogens is 1630 g/mol. The van der Waals surface area contributed by atoms with Crippen LogP contribution in [-0.4, -0.2) is 237 Å². The Morgan fingerprint density at radius 3 is 2.03 bits per heavy atom. The molecule has 8 aromatic rings. The van der Waals surface area contributed by atoms with Gasteiger partial charge in [0.25, 0.3) is 23.7 Å². The Kier molecular flexibility index (Phi) is 29.1. The van der Waals surface area contributed by atoms with E-state index in [1.807, 2.05) is 90.8 Å². The molecular formula is C94H116N20O14. The maximum atomic E-state index is 14.6. The number of piperidine rings is 1. The second-order valence-corrected chi connectivity index (χ2v) is 35.4. The van der Waals surface area contributed by atoms with Crippen LogP contribution in [0.4, 0.5) is 34.5 Å². The lowest BCUT2D eigenvalue weighted by molar-refractivity contribution is -0.169. The Bertz CT molecular complexity index is 5460. The van der Waals surface area contributed by atoms with Crippen molar-refractivity contribution < 1.29 is 66.8 Å². The number of ketones is 3. The first-order chi connectivity index (χ1) is 61.8. The number of rotatable bonds is 15. The molecule has 128 heavy (non-hydrogen) atoms. The van der Waals surface area contributed by atoms with Crippen LogP contribution in [-0.2, 0) is 69.0 Å². The zero-order valence-corrected chi connectivity index (χ0v) is 73.9. The molecule has 15 rings (SSSR count). The summed E-state index contributed by atoms with van der Waals surface area (Å²) in [4.78, 5) is 164. The lowest BCUT2D eigenvalue weighted by Crippen LogP contribution is -2.55. The van der Waals surface area contributed by atoms with E-state index in [-0.39, 0.29) is 104 Å². The van der Waals surface area contributed by atoms with Crippen LogP contribution in [0, 0.1) is 29.6 Å². The molecule has 34 nitrogen and oxygen atoms in total. The van der Waals surface area contributed by atoms with Crippen LogP contribution in [0.2, 0.25) is 0 Å². The maximum Gasteiger partial charge on any atom is 0.407 e. The number of cyclic esters (lactones) is 1. The van der Waals surface area contributed by atoms with Crippen molar-refractivity contribution in [1.82, 2.24) is 74.7 Å². The number of nitrogen functional groups attached to an aromatic ring is 2. The summed E-state index contributed by atoms with van der Waals surface area (Å²) < 4.78 is 31.9. The topological polar surface area (TPSA) is 424 Å². The van der Waals surface area contributed by atoms with E-state index in [0.29, 0.717) is 216 Å². The Morgan fingerprint density at radius 2 is 1.34 bits per heavy atom. The Morgan fingerprint density at radius 1 is 0.656 bits per heavy atom. The molecule has 7 aliphatic rings. The third kappa shape index (κ3) is 21.9. The number of piperazine rings is 2. The lowest BCUT2D eigenvalue weighted by Gasteiger charge is -2.38. The van der Waals surface area contributed by atoms with Gasteiger partial charge in [0.1, 0.15) is 59.3 Å². The molecule has 1 saturated carbocycles. The van der Waals surface area contributed by atoms with Crippen molar-refractivity contribution in [2.45, 2.75) is 207 Å². The number of aromatic nitrogens is 11. The summed E-state index contributed by atoms with van der Waals surface area (Å²) in [5, 5.41) is 19.7. The number of alkyl carbamates (subject to hydrolysis) is 1. The number of carbonyl (C=O) groups is 8. The first kappa shape index (κ1) is 90.5. The Hall–Kier alpha value is -12.3. The van der Waals surface area contributed by atoms with E-state index in [4.69, 9.17) is 39.9 Å². The van der Waals surface area contributed by atoms with Gasteiger partial charge in [-0.05, 0) is 161 Å². The second-order valence-electron chi connectivity index (χ2n) is 35.4. The second kappa shape index (κ2) is 41.2. The number of methoxy groups -OCH3 is 1. The summed E-state index contributed by atoms with van der Waals surface area (Å²) in [6.45, 7) is 17.1. The van der Waals surface area contributed by atoms with Gasteiger partial charge in [-0.2, -0.15) is 10.1 Å². The normalized spacial score (nSPS) is 26.2. The van der Waals surface area contributed by atoms with Gasteiger partial charge in [0.05, 0.1) is 41.4 Å². The number of hydrogen-bond acceptors (Lipinski definition) is 29. The number of nitrogens with zero attached hydrogens (tertiary/aromatic N) is 17. The zero-order valence-electron chi connectivity index (χ0n) is 73.9. The fourth-order valence-electron chi connectivity index (χ4n) is 18.5. The highest BCUT2D eigenvalue weighted by atomic mass is 16.6. The Balaban J connectivity index is 0.479. The highest BCUT2D eigenvalue weighted by Crippen LogP contribution is 2.37. The fourth-order valence-corrected chi connectivity index (χ4v) is 18.5. The van der Waals surface area contributed by atoms with Crippen LogP contribution < -0.4 is 31.5 Å². The third-order valence-electron chi connectivity index (χ3n) is 26.2. The highest BCUT2D eigenvalue weighted by molar-refractivity contribution is 6.38. The number of nitrogens with two attached hydrogens (primary N) is 2. The average molecular weight is 1750 g/mol. The SMILES string of the molecule is CO[C@H]1CC2CC[C@@H](C)C(O2)C(=O)C(=O)N2CCCC[C@H]2C(=O)O[C@H](CC[C@H]2CC[C@H](OC(=O)NCc3cnc(N4CCN(c5ncc(C(=O)N6CCN(c7ncc(C(=O)N8CCc9cc(Cn%10nc(-c%11ccc%12oc(N)nc%12c%11)c%11c(N)ncnc%11%10)ccc9C8)cn7)CC6)cn5)CC4)nc3)CC2)CC(=O)[C@H](C)/C=C(\C)[C@@H](O)CC(=O)[C@H](C)C[C@H](C)/C=C/C=C/C=C/1C. The molecule has 1 aliphatic carbocycles.